The van der Waals surface area contributed by atoms with E-state index >= 15 is 0 Å². The van der Waals surface area contributed by atoms with Gasteiger partial charge in [-0.15, -0.1) is 0 Å². The van der Waals surface area contributed by atoms with E-state index in [1.165, 1.54) is 17.3 Å². The summed E-state index contributed by atoms with van der Waals surface area (Å²) in [7, 11) is 0. The molecule has 0 bridgehead atoms. The summed E-state index contributed by atoms with van der Waals surface area (Å²) in [5, 5.41) is 4.21. The minimum Gasteiger partial charge on any atom is -0.359 e. The number of hydrogen-bond donors (Lipinski definition) is 3. The first kappa shape index (κ1) is 24.7. The molecule has 1 fully saturated rings. The lowest BCUT2D eigenvalue weighted by molar-refractivity contribution is -0.148. The largest absolute Gasteiger partial charge is 0.419 e. The molecule has 0 spiro atoms. The molecule has 3 N–H and O–H groups in total. The number of H-pyrrole nitrogens is 1. The summed E-state index contributed by atoms with van der Waals surface area (Å²) < 4.78 is 91.0. The van der Waals surface area contributed by atoms with Gasteiger partial charge >= 0.3 is 18.4 Å². The molecule has 4 rings (SSSR count). The Morgan fingerprint density at radius 3 is 2.37 bits per heavy atom. The quantitative estimate of drug-likeness (QED) is 0.410. The minimum absolute atomic E-state index is 0.0250. The van der Waals surface area contributed by atoms with Crippen molar-refractivity contribution in [1.29, 1.82) is 0 Å². The Bertz CT molecular complexity index is 1200. The molecule has 1 aliphatic rings. The maximum atomic E-state index is 14.5. The Hall–Kier alpha value is -3.42. The molecule has 0 atom stereocenters. The van der Waals surface area contributed by atoms with Crippen molar-refractivity contribution in [3.63, 3.8) is 0 Å². The van der Waals surface area contributed by atoms with Crippen LogP contribution < -0.4 is 10.6 Å². The number of likely N-dealkylation sites (tertiary alicyclic amines) is 1. The van der Waals surface area contributed by atoms with E-state index < -0.39 is 41.7 Å². The molecule has 0 unspecified atom stereocenters. The van der Waals surface area contributed by atoms with E-state index in [9.17, 15) is 35.5 Å². The first-order valence-corrected chi connectivity index (χ1v) is 10.5. The van der Waals surface area contributed by atoms with E-state index in [4.69, 9.17) is 0 Å². The number of halogens is 7. The number of nitrogens with zero attached hydrogens (tertiary/aromatic N) is 3. The lowest BCUT2D eigenvalue weighted by atomic mass is 9.94. The summed E-state index contributed by atoms with van der Waals surface area (Å²) in [6.45, 7) is -0.418. The number of aromatic amines is 1. The molecule has 14 heteroatoms. The van der Waals surface area contributed by atoms with E-state index in [2.05, 4.69) is 25.6 Å². The van der Waals surface area contributed by atoms with Crippen LogP contribution >= 0.6 is 0 Å². The van der Waals surface area contributed by atoms with Crippen LogP contribution in [0.2, 0.25) is 0 Å². The smallest absolute Gasteiger partial charge is 0.359 e. The van der Waals surface area contributed by atoms with Crippen molar-refractivity contribution in [2.75, 3.05) is 30.3 Å². The molecular formula is C21H19F7N6O. The van der Waals surface area contributed by atoms with Crippen LogP contribution in [-0.4, -0.2) is 51.7 Å². The molecule has 0 radical (unpaired) electrons. The lowest BCUT2D eigenvalue weighted by Gasteiger charge is -2.31. The fourth-order valence-corrected chi connectivity index (χ4v) is 4.02. The Morgan fingerprint density at radius 2 is 1.77 bits per heavy atom. The van der Waals surface area contributed by atoms with Gasteiger partial charge < -0.3 is 10.3 Å². The number of benzene rings is 1. The number of anilines is 2. The van der Waals surface area contributed by atoms with Crippen LogP contribution in [0.15, 0.2) is 30.7 Å². The number of aromatic nitrogens is 3. The van der Waals surface area contributed by atoms with E-state index in [-0.39, 0.29) is 36.0 Å². The average Bonchev–Trinajstić information content (AvgIpc) is 3.16. The van der Waals surface area contributed by atoms with Gasteiger partial charge in [-0.25, -0.2) is 14.2 Å². The zero-order chi connectivity index (χ0) is 25.4. The zero-order valence-electron chi connectivity index (χ0n) is 17.9. The molecule has 0 saturated carbocycles. The number of rotatable bonds is 4. The van der Waals surface area contributed by atoms with Crippen molar-refractivity contribution in [1.82, 2.24) is 19.9 Å². The third kappa shape index (κ3) is 5.81. The maximum Gasteiger partial charge on any atom is 0.419 e. The summed E-state index contributed by atoms with van der Waals surface area (Å²) in [6.07, 6.45) is -4.38. The summed E-state index contributed by atoms with van der Waals surface area (Å²) in [5.74, 6) is -1.57. The van der Waals surface area contributed by atoms with Crippen LogP contribution in [-0.2, 0) is 6.18 Å². The fraction of sp³-hybridized carbons (Fsp3) is 0.381. The van der Waals surface area contributed by atoms with Crippen LogP contribution in [0, 0.1) is 5.82 Å². The van der Waals surface area contributed by atoms with Gasteiger partial charge in [0.2, 0.25) is 0 Å². The molecule has 3 heterocycles. The van der Waals surface area contributed by atoms with Gasteiger partial charge in [-0.1, -0.05) is 0 Å². The van der Waals surface area contributed by atoms with Gasteiger partial charge in [-0.2, -0.15) is 26.3 Å². The number of nitrogens with one attached hydrogen (secondary N) is 3. The summed E-state index contributed by atoms with van der Waals surface area (Å²) in [5.41, 5.74) is -1.02. The van der Waals surface area contributed by atoms with E-state index in [1.807, 2.05) is 0 Å². The number of carbonyl (C=O) groups excluding carboxylic acids is 1. The van der Waals surface area contributed by atoms with Gasteiger partial charge in [-0.05, 0) is 38.1 Å². The van der Waals surface area contributed by atoms with E-state index in [1.54, 1.807) is 0 Å². The summed E-state index contributed by atoms with van der Waals surface area (Å²) >= 11 is 0. The Kier molecular flexibility index (Phi) is 6.58. The van der Waals surface area contributed by atoms with Crippen LogP contribution in [0.5, 0.6) is 0 Å². The van der Waals surface area contributed by atoms with Gasteiger partial charge in [0.25, 0.3) is 0 Å². The molecular weight excluding hydrogens is 485 g/mol. The second kappa shape index (κ2) is 9.32. The number of urea groups is 1. The molecule has 2 amide bonds. The number of alkyl halides is 6. The summed E-state index contributed by atoms with van der Waals surface area (Å²) in [4.78, 5) is 24.5. The van der Waals surface area contributed by atoms with Gasteiger partial charge in [0.15, 0.2) is 5.82 Å². The van der Waals surface area contributed by atoms with E-state index in [0.29, 0.717) is 24.6 Å². The average molecular weight is 504 g/mol. The number of amides is 2. The first-order chi connectivity index (χ1) is 16.4. The molecule has 1 aliphatic heterocycles. The Morgan fingerprint density at radius 1 is 1.06 bits per heavy atom. The highest BCUT2D eigenvalue weighted by Gasteiger charge is 2.35. The second-order valence-corrected chi connectivity index (χ2v) is 8.12. The zero-order valence-corrected chi connectivity index (χ0v) is 17.9. The molecule has 188 valence electrons. The predicted octanol–water partition coefficient (Wildman–Crippen LogP) is 5.50. The number of piperidine rings is 1. The predicted molar refractivity (Wildman–Crippen MR) is 112 cm³/mol. The third-order valence-corrected chi connectivity index (χ3v) is 5.66. The van der Waals surface area contributed by atoms with Crippen LogP contribution in [0.1, 0.15) is 30.0 Å². The van der Waals surface area contributed by atoms with Crippen molar-refractivity contribution in [3.05, 3.63) is 47.8 Å². The molecule has 0 aliphatic carbocycles. The first-order valence-electron chi connectivity index (χ1n) is 10.5. The highest BCUT2D eigenvalue weighted by Crippen LogP contribution is 2.37. The molecule has 1 aromatic carbocycles. The van der Waals surface area contributed by atoms with Crippen LogP contribution in [0.25, 0.3) is 10.9 Å². The molecule has 7 nitrogen and oxygen atoms in total. The standard InChI is InChI=1S/C21H19F7N6O/c22-18-12(21(26,27)28)1-2-13-17(18)15(8-29-13)32-19(35)33-16-9-30-14(7-31-16)11-3-5-34(6-4-11)10-20(23,24)25/h1-2,7-9,11,29H,3-6,10H2,(H2,31,32,33,35). The van der Waals surface area contributed by atoms with Crippen molar-refractivity contribution in [2.45, 2.75) is 31.1 Å². The van der Waals surface area contributed by atoms with Gasteiger partial charge in [-0.3, -0.25) is 15.2 Å². The Labute approximate surface area is 193 Å². The minimum atomic E-state index is -4.90. The van der Waals surface area contributed by atoms with Crippen molar-refractivity contribution < 1.29 is 35.5 Å². The van der Waals surface area contributed by atoms with Crippen LogP contribution in [0.3, 0.4) is 0 Å². The highest BCUT2D eigenvalue weighted by molar-refractivity contribution is 6.05. The lowest BCUT2D eigenvalue weighted by Crippen LogP contribution is -2.39. The third-order valence-electron chi connectivity index (χ3n) is 5.66. The molecule has 3 aromatic rings. The normalized spacial score (nSPS) is 16.0. The van der Waals surface area contributed by atoms with Crippen LogP contribution in [0.4, 0.5) is 47.0 Å². The van der Waals surface area contributed by atoms with Crippen molar-refractivity contribution >= 4 is 28.4 Å². The SMILES string of the molecule is O=C(Nc1cnc(C2CCN(CC(F)(F)F)CC2)cn1)Nc1c[nH]c2ccc(C(F)(F)F)c(F)c12. The molecule has 2 aromatic heterocycles. The van der Waals surface area contributed by atoms with Crippen molar-refractivity contribution in [2.24, 2.45) is 0 Å². The Balaban J connectivity index is 1.38. The topological polar surface area (TPSA) is 85.9 Å². The number of carbonyl (C=O) groups is 1. The highest BCUT2D eigenvalue weighted by atomic mass is 19.4. The van der Waals surface area contributed by atoms with Gasteiger partial charge in [0.1, 0.15) is 5.82 Å². The second-order valence-electron chi connectivity index (χ2n) is 8.12. The maximum absolute atomic E-state index is 14.5. The van der Waals surface area contributed by atoms with Gasteiger partial charge in [0.05, 0.1) is 46.8 Å². The molecule has 35 heavy (non-hydrogen) atoms. The molecule has 1 saturated heterocycles. The van der Waals surface area contributed by atoms with E-state index in [0.717, 1.165) is 12.3 Å². The number of hydrogen-bond acceptors (Lipinski definition) is 4. The number of fused-ring (bicyclic) bond motifs is 1. The van der Waals surface area contributed by atoms with Gasteiger partial charge in [0, 0.05) is 12.1 Å². The summed E-state index contributed by atoms with van der Waals surface area (Å²) in [6, 6.07) is 0.780. The monoisotopic (exact) mass is 504 g/mol. The fourth-order valence-electron chi connectivity index (χ4n) is 4.02. The van der Waals surface area contributed by atoms with Crippen molar-refractivity contribution in [3.8, 4) is 0 Å².